The Morgan fingerprint density at radius 3 is 2.47 bits per heavy atom. The van der Waals surface area contributed by atoms with Gasteiger partial charge in [-0.15, -0.1) is 23.7 Å². The van der Waals surface area contributed by atoms with E-state index >= 15 is 0 Å². The molecule has 1 saturated heterocycles. The van der Waals surface area contributed by atoms with Crippen LogP contribution in [0.25, 0.3) is 0 Å². The van der Waals surface area contributed by atoms with E-state index in [4.69, 9.17) is 30.1 Å². The number of hydrogen-bond donors (Lipinski definition) is 0. The second-order valence-electron chi connectivity index (χ2n) is 6.46. The Labute approximate surface area is 179 Å². The Balaban J connectivity index is 2.26. The summed E-state index contributed by atoms with van der Waals surface area (Å²) in [6.45, 7) is 4.38. The van der Waals surface area contributed by atoms with Crippen molar-refractivity contribution >= 4 is 29.2 Å². The van der Waals surface area contributed by atoms with Crippen LogP contribution in [0.5, 0.6) is 0 Å². The van der Waals surface area contributed by atoms with Crippen LogP contribution in [0.2, 0.25) is 0 Å². The number of thiazole rings is 1. The summed E-state index contributed by atoms with van der Waals surface area (Å²) in [7, 11) is 0. The highest BCUT2D eigenvalue weighted by molar-refractivity contribution is 7.07. The van der Waals surface area contributed by atoms with Gasteiger partial charge in [0, 0.05) is 25.1 Å². The third-order valence-corrected chi connectivity index (χ3v) is 4.99. The van der Waals surface area contributed by atoms with Gasteiger partial charge >= 0.3 is 17.9 Å². The molecule has 0 amide bonds. The molecule has 164 valence electrons. The van der Waals surface area contributed by atoms with Crippen LogP contribution in [-0.4, -0.2) is 60.7 Å². The molecule has 1 aliphatic rings. The highest BCUT2D eigenvalue weighted by atomic mass is 32.1. The van der Waals surface area contributed by atoms with E-state index < -0.39 is 41.8 Å². The Morgan fingerprint density at radius 2 is 1.97 bits per heavy atom. The third-order valence-electron chi connectivity index (χ3n) is 4.35. The monoisotopic (exact) mass is 439 g/mol. The average Bonchev–Trinajstić information content (AvgIpc) is 3.34. The number of carbonyl (C=O) groups is 3. The first-order chi connectivity index (χ1) is 14.4. The van der Waals surface area contributed by atoms with Gasteiger partial charge in [0.1, 0.15) is 0 Å². The van der Waals surface area contributed by atoms with Crippen molar-refractivity contribution in [3.63, 3.8) is 0 Å². The number of carbonyl (C=O) groups excluding carboxylic acids is 3. The van der Waals surface area contributed by atoms with E-state index in [0.717, 1.165) is 0 Å². The molecule has 9 nitrogen and oxygen atoms in total. The molecule has 1 aromatic rings. The van der Waals surface area contributed by atoms with E-state index in [1.54, 1.807) is 24.7 Å². The molecule has 0 aliphatic carbocycles. The van der Waals surface area contributed by atoms with Gasteiger partial charge in [0.15, 0.2) is 0 Å². The van der Waals surface area contributed by atoms with Crippen LogP contribution in [-0.2, 0) is 44.5 Å². The zero-order valence-electron chi connectivity index (χ0n) is 17.1. The minimum atomic E-state index is -2.07. The van der Waals surface area contributed by atoms with Gasteiger partial charge < -0.3 is 23.7 Å². The first kappa shape index (κ1) is 23.8. The minimum Gasteiger partial charge on any atom is -0.463 e. The lowest BCUT2D eigenvalue weighted by Crippen LogP contribution is -2.54. The van der Waals surface area contributed by atoms with Gasteiger partial charge in [-0.25, -0.2) is 14.6 Å². The van der Waals surface area contributed by atoms with E-state index in [0.29, 0.717) is 5.69 Å². The molecule has 0 radical (unpaired) electrons. The fourth-order valence-electron chi connectivity index (χ4n) is 2.99. The molecule has 0 saturated carbocycles. The molecule has 0 aromatic carbocycles. The largest absolute Gasteiger partial charge is 0.463 e. The quantitative estimate of drug-likeness (QED) is 0.232. The zero-order valence-corrected chi connectivity index (χ0v) is 17.9. The van der Waals surface area contributed by atoms with Crippen LogP contribution in [0.3, 0.4) is 0 Å². The van der Waals surface area contributed by atoms with Gasteiger partial charge in [0.25, 0.3) is 5.60 Å². The molecule has 3 unspecified atom stereocenters. The molecular weight excluding hydrogens is 414 g/mol. The van der Waals surface area contributed by atoms with Gasteiger partial charge in [0.05, 0.1) is 43.0 Å². The van der Waals surface area contributed by atoms with Gasteiger partial charge in [-0.2, -0.15) is 0 Å². The topological polar surface area (TPSA) is 110 Å². The molecule has 2 rings (SSSR count). The summed E-state index contributed by atoms with van der Waals surface area (Å²) in [5.74, 6) is -0.144. The van der Waals surface area contributed by atoms with Crippen molar-refractivity contribution in [1.82, 2.24) is 4.98 Å². The van der Waals surface area contributed by atoms with Crippen LogP contribution in [0.15, 0.2) is 10.9 Å². The van der Waals surface area contributed by atoms with E-state index in [1.165, 1.54) is 18.3 Å². The summed E-state index contributed by atoms with van der Waals surface area (Å²) < 4.78 is 26.8. The maximum absolute atomic E-state index is 12.9. The standard InChI is InChI=1S/C20H25NO8S/c1-5-14-8-17(28-13(4)22)29-16(14)10-27-20(18(23)25-6-2,19(24)26-7-3)9-15-11-30-12-21-15/h1,11-12,14,16-17H,6-10H2,2-4H3. The Kier molecular flexibility index (Phi) is 8.77. The molecular formula is C20H25NO8S. The molecule has 3 atom stereocenters. The van der Waals surface area contributed by atoms with Crippen LogP contribution in [0.4, 0.5) is 0 Å². The molecule has 2 heterocycles. The first-order valence-corrected chi connectivity index (χ1v) is 10.4. The number of esters is 3. The fraction of sp³-hybridized carbons (Fsp3) is 0.600. The van der Waals surface area contributed by atoms with Crippen molar-refractivity contribution in [2.24, 2.45) is 5.92 Å². The second-order valence-corrected chi connectivity index (χ2v) is 7.18. The Morgan fingerprint density at radius 1 is 1.30 bits per heavy atom. The van der Waals surface area contributed by atoms with E-state index in [1.807, 2.05) is 0 Å². The Hall–Kier alpha value is -2.48. The van der Waals surface area contributed by atoms with Crippen LogP contribution >= 0.6 is 11.3 Å². The molecule has 0 N–H and O–H groups in total. The normalized spacial score (nSPS) is 20.9. The van der Waals surface area contributed by atoms with Gasteiger partial charge in [-0.3, -0.25) is 4.79 Å². The number of rotatable bonds is 10. The minimum absolute atomic E-state index is 0.0435. The molecule has 10 heteroatoms. The first-order valence-electron chi connectivity index (χ1n) is 9.50. The lowest BCUT2D eigenvalue weighted by atomic mass is 9.96. The van der Waals surface area contributed by atoms with Crippen LogP contribution in [0, 0.1) is 18.3 Å². The summed E-state index contributed by atoms with van der Waals surface area (Å²) in [5.41, 5.74) is -0.0174. The van der Waals surface area contributed by atoms with Crippen molar-refractivity contribution in [2.45, 2.75) is 51.6 Å². The second kappa shape index (κ2) is 11.1. The van der Waals surface area contributed by atoms with Crippen LogP contribution in [0.1, 0.15) is 32.9 Å². The highest BCUT2D eigenvalue weighted by Crippen LogP contribution is 2.30. The molecule has 1 aromatic heterocycles. The van der Waals surface area contributed by atoms with Crippen molar-refractivity contribution < 1.29 is 38.1 Å². The molecule has 30 heavy (non-hydrogen) atoms. The van der Waals surface area contributed by atoms with Gasteiger partial charge in [0.2, 0.25) is 6.29 Å². The fourth-order valence-corrected chi connectivity index (χ4v) is 3.55. The lowest BCUT2D eigenvalue weighted by molar-refractivity contribution is -0.200. The number of aromatic nitrogens is 1. The van der Waals surface area contributed by atoms with Crippen LogP contribution < -0.4 is 0 Å². The zero-order chi connectivity index (χ0) is 22.1. The summed E-state index contributed by atoms with van der Waals surface area (Å²) in [6, 6.07) is 0. The number of hydrogen-bond acceptors (Lipinski definition) is 10. The SMILES string of the molecule is C#CC1CC(OC(C)=O)OC1COC(Cc1cscn1)(C(=O)OCC)C(=O)OCC. The van der Waals surface area contributed by atoms with Gasteiger partial charge in [-0.05, 0) is 13.8 Å². The summed E-state index contributed by atoms with van der Waals surface area (Å²) in [6.07, 6.45) is 4.15. The third kappa shape index (κ3) is 5.78. The van der Waals surface area contributed by atoms with Gasteiger partial charge in [-0.1, -0.05) is 0 Å². The Bertz CT molecular complexity index is 754. The predicted octanol–water partition coefficient (Wildman–Crippen LogP) is 1.49. The molecule has 1 aliphatic heterocycles. The summed E-state index contributed by atoms with van der Waals surface area (Å²) in [5, 5.41) is 1.70. The number of nitrogens with zero attached hydrogens (tertiary/aromatic N) is 1. The van der Waals surface area contributed by atoms with Crippen molar-refractivity contribution in [1.29, 1.82) is 0 Å². The summed E-state index contributed by atoms with van der Waals surface area (Å²) >= 11 is 1.31. The summed E-state index contributed by atoms with van der Waals surface area (Å²) in [4.78, 5) is 41.0. The maximum Gasteiger partial charge on any atom is 0.350 e. The predicted molar refractivity (Wildman–Crippen MR) is 105 cm³/mol. The van der Waals surface area contributed by atoms with E-state index in [9.17, 15) is 14.4 Å². The molecule has 0 bridgehead atoms. The molecule has 1 fully saturated rings. The van der Waals surface area contributed by atoms with Crippen molar-refractivity contribution in [3.05, 3.63) is 16.6 Å². The highest BCUT2D eigenvalue weighted by Gasteiger charge is 2.52. The molecule has 0 spiro atoms. The van der Waals surface area contributed by atoms with E-state index in [2.05, 4.69) is 10.9 Å². The van der Waals surface area contributed by atoms with E-state index in [-0.39, 0.29) is 32.7 Å². The lowest BCUT2D eigenvalue weighted by Gasteiger charge is -2.30. The number of ether oxygens (including phenoxy) is 5. The van der Waals surface area contributed by atoms with Crippen molar-refractivity contribution in [3.8, 4) is 12.3 Å². The maximum atomic E-state index is 12.9. The number of terminal acetylenes is 1. The average molecular weight is 439 g/mol. The van der Waals surface area contributed by atoms with Crippen molar-refractivity contribution in [2.75, 3.05) is 19.8 Å². The smallest absolute Gasteiger partial charge is 0.350 e.